The zero-order chi connectivity index (χ0) is 22.6. The molecular weight excluding hydrogens is 422 g/mol. The maximum absolute atomic E-state index is 14.9. The molecule has 0 saturated carbocycles. The lowest BCUT2D eigenvalue weighted by molar-refractivity contribution is -0.0881. The summed E-state index contributed by atoms with van der Waals surface area (Å²) in [5.41, 5.74) is 4.72. The van der Waals surface area contributed by atoms with Crippen LogP contribution >= 0.6 is 0 Å². The van der Waals surface area contributed by atoms with Gasteiger partial charge in [0.2, 0.25) is 5.69 Å². The standard InChI is InChI=1S/C22H20F2N4O2S/c1-21(2)19(25)28-22(12-30-20(22)31(21,4)29)15-9-13(5-7-16(15)23)10-17(24)18-8-6-14(26-3)11-27-18/h5-11,20H,4,12H2,1-2H3,(H2,25,28)/b17-10-/t20-,22+,31?/m0/s1. The van der Waals surface area contributed by atoms with Crippen molar-refractivity contribution >= 4 is 38.8 Å². The molecule has 0 bridgehead atoms. The number of aliphatic imine (C=N–C) groups is 1. The molecule has 1 fully saturated rings. The average molecular weight is 442 g/mol. The van der Waals surface area contributed by atoms with Crippen LogP contribution in [0.5, 0.6) is 0 Å². The monoisotopic (exact) mass is 442 g/mol. The smallest absolute Gasteiger partial charge is 0.205 e. The van der Waals surface area contributed by atoms with Gasteiger partial charge in [0, 0.05) is 21.3 Å². The number of ether oxygens (including phenoxy) is 1. The average Bonchev–Trinajstić information content (AvgIpc) is 2.71. The summed E-state index contributed by atoms with van der Waals surface area (Å²) in [6.07, 6.45) is 2.47. The number of nitrogens with zero attached hydrogens (tertiary/aromatic N) is 3. The van der Waals surface area contributed by atoms with Crippen LogP contribution in [0.15, 0.2) is 41.5 Å². The molecule has 1 aromatic carbocycles. The highest BCUT2D eigenvalue weighted by Crippen LogP contribution is 2.50. The molecular formula is C22H20F2N4O2S. The normalized spacial score (nSPS) is 29.3. The Bertz CT molecular complexity index is 1280. The van der Waals surface area contributed by atoms with E-state index >= 15 is 0 Å². The van der Waals surface area contributed by atoms with Gasteiger partial charge in [-0.2, -0.15) is 0 Å². The van der Waals surface area contributed by atoms with Crippen molar-refractivity contribution in [3.05, 3.63) is 70.6 Å². The molecule has 0 amide bonds. The third-order valence-corrected chi connectivity index (χ3v) is 9.02. The van der Waals surface area contributed by atoms with Gasteiger partial charge in [-0.3, -0.25) is 14.2 Å². The van der Waals surface area contributed by atoms with E-state index in [1.165, 1.54) is 42.6 Å². The quantitative estimate of drug-likeness (QED) is 0.581. The molecule has 9 heteroatoms. The zero-order valence-corrected chi connectivity index (χ0v) is 17.7. The summed E-state index contributed by atoms with van der Waals surface area (Å²) in [5.74, 6) is 2.73. The van der Waals surface area contributed by atoms with E-state index in [1.807, 2.05) is 0 Å². The van der Waals surface area contributed by atoms with E-state index in [0.717, 1.165) is 0 Å². The van der Waals surface area contributed by atoms with Crippen molar-refractivity contribution in [3.8, 4) is 0 Å². The van der Waals surface area contributed by atoms with E-state index in [2.05, 4.69) is 20.7 Å². The highest BCUT2D eigenvalue weighted by atomic mass is 32.2. The molecule has 0 aliphatic carbocycles. The summed E-state index contributed by atoms with van der Waals surface area (Å²) in [7, 11) is -2.93. The summed E-state index contributed by atoms with van der Waals surface area (Å²) < 4.78 is 47.6. The molecule has 4 rings (SSSR count). The van der Waals surface area contributed by atoms with Gasteiger partial charge in [0.25, 0.3) is 0 Å². The Morgan fingerprint density at radius 1 is 1.42 bits per heavy atom. The lowest BCUT2D eigenvalue weighted by Gasteiger charge is -2.54. The fourth-order valence-electron chi connectivity index (χ4n) is 3.66. The Balaban J connectivity index is 1.79. The van der Waals surface area contributed by atoms with Crippen LogP contribution in [0.25, 0.3) is 16.7 Å². The van der Waals surface area contributed by atoms with E-state index < -0.39 is 36.9 Å². The summed E-state index contributed by atoms with van der Waals surface area (Å²) >= 11 is 0. The lowest BCUT2D eigenvalue weighted by atomic mass is 9.86. The maximum atomic E-state index is 14.9. The minimum absolute atomic E-state index is 0.00678. The van der Waals surface area contributed by atoms with Gasteiger partial charge in [-0.25, -0.2) is 13.6 Å². The number of benzene rings is 1. The van der Waals surface area contributed by atoms with E-state index in [4.69, 9.17) is 17.0 Å². The Hall–Kier alpha value is -3.09. The maximum Gasteiger partial charge on any atom is 0.205 e. The summed E-state index contributed by atoms with van der Waals surface area (Å²) in [6.45, 7) is 10.3. The third-order valence-electron chi connectivity index (χ3n) is 5.86. The van der Waals surface area contributed by atoms with E-state index in [9.17, 15) is 13.0 Å². The first-order valence-electron chi connectivity index (χ1n) is 9.37. The summed E-state index contributed by atoms with van der Waals surface area (Å²) in [6, 6.07) is 6.91. The number of rotatable bonds is 3. The molecule has 3 atom stereocenters. The zero-order valence-electron chi connectivity index (χ0n) is 16.9. The third kappa shape index (κ3) is 3.06. The Kier molecular flexibility index (Phi) is 4.76. The summed E-state index contributed by atoms with van der Waals surface area (Å²) in [4.78, 5) is 11.7. The first-order chi connectivity index (χ1) is 14.5. The van der Waals surface area contributed by atoms with Crippen LogP contribution in [-0.4, -0.2) is 37.7 Å². The molecule has 2 aliphatic heterocycles. The number of pyridine rings is 1. The number of nitrogens with two attached hydrogens (primary N) is 1. The van der Waals surface area contributed by atoms with Crippen LogP contribution in [0.4, 0.5) is 14.5 Å². The molecule has 160 valence electrons. The largest absolute Gasteiger partial charge is 0.386 e. The second-order valence-electron chi connectivity index (χ2n) is 8.05. The van der Waals surface area contributed by atoms with Gasteiger partial charge in [-0.1, -0.05) is 12.1 Å². The van der Waals surface area contributed by atoms with Crippen LogP contribution in [0.2, 0.25) is 0 Å². The van der Waals surface area contributed by atoms with Crippen molar-refractivity contribution in [2.75, 3.05) is 6.61 Å². The second kappa shape index (κ2) is 6.97. The van der Waals surface area contributed by atoms with Gasteiger partial charge < -0.3 is 10.5 Å². The number of halogens is 2. The SMILES string of the molecule is [C-]#[N+]c1ccc(/C(F)=C/c2ccc(F)c([C@]34CO[C@H]3S(=C)(=O)C(C)(C)C(N)=N4)c2)nc1. The first kappa shape index (κ1) is 21.2. The molecule has 2 aliphatic rings. The van der Waals surface area contributed by atoms with Crippen LogP contribution in [0.1, 0.15) is 30.7 Å². The molecule has 0 spiro atoms. The molecule has 31 heavy (non-hydrogen) atoms. The number of hydrogen-bond donors (Lipinski definition) is 1. The van der Waals surface area contributed by atoms with E-state index in [-0.39, 0.29) is 23.7 Å². The predicted molar refractivity (Wildman–Crippen MR) is 118 cm³/mol. The van der Waals surface area contributed by atoms with Crippen molar-refractivity contribution in [2.45, 2.75) is 29.6 Å². The van der Waals surface area contributed by atoms with Crippen LogP contribution in [-0.2, 0) is 19.8 Å². The van der Waals surface area contributed by atoms with Gasteiger partial charge in [-0.05, 0) is 49.6 Å². The number of hydrogen-bond acceptors (Lipinski definition) is 5. The van der Waals surface area contributed by atoms with Crippen molar-refractivity contribution in [1.29, 1.82) is 0 Å². The Labute approximate surface area is 179 Å². The number of aromatic nitrogens is 1. The van der Waals surface area contributed by atoms with Crippen molar-refractivity contribution in [1.82, 2.24) is 4.98 Å². The predicted octanol–water partition coefficient (Wildman–Crippen LogP) is 3.66. The van der Waals surface area contributed by atoms with E-state index in [0.29, 0.717) is 11.3 Å². The van der Waals surface area contributed by atoms with Gasteiger partial charge in [0.15, 0.2) is 11.0 Å². The fraction of sp³-hybridized carbons (Fsp3) is 0.273. The van der Waals surface area contributed by atoms with Crippen molar-refractivity contribution in [2.24, 2.45) is 10.7 Å². The van der Waals surface area contributed by atoms with Crippen LogP contribution < -0.4 is 5.73 Å². The molecule has 2 N–H and O–H groups in total. The van der Waals surface area contributed by atoms with E-state index in [1.54, 1.807) is 13.8 Å². The van der Waals surface area contributed by atoms with Gasteiger partial charge in [-0.15, -0.1) is 0 Å². The lowest BCUT2D eigenvalue weighted by Crippen LogP contribution is -2.68. The topological polar surface area (TPSA) is 81.9 Å². The molecule has 6 nitrogen and oxygen atoms in total. The van der Waals surface area contributed by atoms with Crippen LogP contribution in [0.3, 0.4) is 0 Å². The number of fused-ring (bicyclic) bond motifs is 1. The minimum atomic E-state index is -2.93. The fourth-order valence-corrected chi connectivity index (χ4v) is 5.76. The van der Waals surface area contributed by atoms with Gasteiger partial charge in [0.1, 0.15) is 17.5 Å². The van der Waals surface area contributed by atoms with Gasteiger partial charge in [0.05, 0.1) is 23.6 Å². The second-order valence-corrected chi connectivity index (χ2v) is 10.9. The highest BCUT2D eigenvalue weighted by molar-refractivity contribution is 8.02. The molecule has 0 radical (unpaired) electrons. The molecule has 3 heterocycles. The highest BCUT2D eigenvalue weighted by Gasteiger charge is 2.62. The molecule has 2 aromatic rings. The van der Waals surface area contributed by atoms with Crippen LogP contribution in [0, 0.1) is 12.4 Å². The minimum Gasteiger partial charge on any atom is -0.386 e. The van der Waals surface area contributed by atoms with Crippen molar-refractivity contribution < 1.29 is 17.7 Å². The molecule has 1 saturated heterocycles. The molecule has 1 unspecified atom stereocenters. The number of amidine groups is 1. The Morgan fingerprint density at radius 3 is 2.74 bits per heavy atom. The molecule has 1 aromatic heterocycles. The summed E-state index contributed by atoms with van der Waals surface area (Å²) in [5, 5.41) is 0. The first-order valence-corrected chi connectivity index (χ1v) is 11.2. The van der Waals surface area contributed by atoms with Gasteiger partial charge >= 0.3 is 0 Å². The Morgan fingerprint density at radius 2 is 2.16 bits per heavy atom. The van der Waals surface area contributed by atoms with Crippen molar-refractivity contribution in [3.63, 3.8) is 0 Å².